The smallest absolute Gasteiger partial charge is 0.407 e. The van der Waals surface area contributed by atoms with Gasteiger partial charge in [-0.25, -0.2) is 14.4 Å². The van der Waals surface area contributed by atoms with Gasteiger partial charge in [-0.1, -0.05) is 6.42 Å². The van der Waals surface area contributed by atoms with Gasteiger partial charge in [0.25, 0.3) is 0 Å². The van der Waals surface area contributed by atoms with Crippen LogP contribution < -0.4 is 5.32 Å². The Bertz CT molecular complexity index is 428. The first-order chi connectivity index (χ1) is 11.0. The average molecular weight is 327 g/mol. The van der Waals surface area contributed by atoms with Crippen LogP contribution in [0.5, 0.6) is 0 Å². The van der Waals surface area contributed by atoms with Crippen LogP contribution in [0.15, 0.2) is 12.2 Å². The van der Waals surface area contributed by atoms with E-state index in [-0.39, 0.29) is 25.4 Å². The number of alkyl carbamates (subject to hydrolysis) is 1. The monoisotopic (exact) mass is 327 g/mol. The first kappa shape index (κ1) is 19.0. The highest BCUT2D eigenvalue weighted by Crippen LogP contribution is 2.20. The third-order valence-corrected chi connectivity index (χ3v) is 3.31. The molecule has 0 bridgehead atoms. The van der Waals surface area contributed by atoms with Crippen LogP contribution in [0.3, 0.4) is 0 Å². The number of carbonyl (C=O) groups excluding carboxylic acids is 3. The van der Waals surface area contributed by atoms with Gasteiger partial charge in [0.1, 0.15) is 12.7 Å². The van der Waals surface area contributed by atoms with E-state index < -0.39 is 18.0 Å². The summed E-state index contributed by atoms with van der Waals surface area (Å²) in [5, 5.41) is 2.61. The van der Waals surface area contributed by atoms with Gasteiger partial charge in [-0.15, -0.1) is 0 Å². The molecular formula is C16H25NO6. The third kappa shape index (κ3) is 8.85. The van der Waals surface area contributed by atoms with Crippen LogP contribution in [0, 0.1) is 0 Å². The standard InChI is InChI=1S/C16H25NO6/c1-3-21-14(18)9-10-15(19)22-11-12(2)17-16(20)23-13-7-5-4-6-8-13/h9-10,12-13H,3-8,11H2,1-2H3,(H,17,20)/b10-9+/t12-/m0/s1. The van der Waals surface area contributed by atoms with Crippen molar-refractivity contribution < 1.29 is 28.6 Å². The molecule has 0 aromatic heterocycles. The second-order valence-corrected chi connectivity index (χ2v) is 5.43. The fraction of sp³-hybridized carbons (Fsp3) is 0.688. The molecule has 0 heterocycles. The Hall–Kier alpha value is -2.05. The predicted molar refractivity (Wildman–Crippen MR) is 82.7 cm³/mol. The van der Waals surface area contributed by atoms with Crippen molar-refractivity contribution >= 4 is 18.0 Å². The molecular weight excluding hydrogens is 302 g/mol. The van der Waals surface area contributed by atoms with E-state index in [1.54, 1.807) is 13.8 Å². The van der Waals surface area contributed by atoms with Crippen LogP contribution in [0.25, 0.3) is 0 Å². The number of nitrogens with one attached hydrogen (secondary N) is 1. The SMILES string of the molecule is CCOC(=O)/C=C/C(=O)OC[C@H](C)NC(=O)OC1CCCCC1. The van der Waals surface area contributed by atoms with E-state index in [2.05, 4.69) is 10.1 Å². The number of hydrogen-bond acceptors (Lipinski definition) is 6. The number of amides is 1. The second-order valence-electron chi connectivity index (χ2n) is 5.43. The highest BCUT2D eigenvalue weighted by molar-refractivity contribution is 5.91. The summed E-state index contributed by atoms with van der Waals surface area (Å²) < 4.78 is 14.9. The quantitative estimate of drug-likeness (QED) is 0.437. The van der Waals surface area contributed by atoms with E-state index in [9.17, 15) is 14.4 Å². The van der Waals surface area contributed by atoms with Gasteiger partial charge in [-0.3, -0.25) is 0 Å². The first-order valence-corrected chi connectivity index (χ1v) is 8.00. The van der Waals surface area contributed by atoms with Gasteiger partial charge in [-0.2, -0.15) is 0 Å². The zero-order valence-electron chi connectivity index (χ0n) is 13.7. The van der Waals surface area contributed by atoms with Crippen molar-refractivity contribution in [1.29, 1.82) is 0 Å². The number of ether oxygens (including phenoxy) is 3. The van der Waals surface area contributed by atoms with Crippen molar-refractivity contribution in [3.63, 3.8) is 0 Å². The van der Waals surface area contributed by atoms with Crippen LogP contribution in [0.4, 0.5) is 4.79 Å². The van der Waals surface area contributed by atoms with E-state index in [0.29, 0.717) is 0 Å². The molecule has 1 N–H and O–H groups in total. The summed E-state index contributed by atoms with van der Waals surface area (Å²) in [4.78, 5) is 34.1. The highest BCUT2D eigenvalue weighted by atomic mass is 16.6. The number of carbonyl (C=O) groups is 3. The molecule has 1 aliphatic rings. The molecule has 0 aromatic carbocycles. The van der Waals surface area contributed by atoms with Crippen molar-refractivity contribution in [3.8, 4) is 0 Å². The van der Waals surface area contributed by atoms with Crippen LogP contribution in [0.1, 0.15) is 46.0 Å². The molecule has 0 saturated heterocycles. The van der Waals surface area contributed by atoms with Gasteiger partial charge in [-0.05, 0) is 39.5 Å². The normalized spacial score (nSPS) is 16.6. The molecule has 1 rings (SSSR count). The minimum absolute atomic E-state index is 0.00817. The van der Waals surface area contributed by atoms with Gasteiger partial charge in [0, 0.05) is 12.2 Å². The Morgan fingerprint density at radius 3 is 2.30 bits per heavy atom. The maximum atomic E-state index is 11.7. The summed E-state index contributed by atoms with van der Waals surface area (Å²) in [6.07, 6.45) is 6.62. The lowest BCUT2D eigenvalue weighted by Gasteiger charge is -2.23. The fourth-order valence-electron chi connectivity index (χ4n) is 2.19. The van der Waals surface area contributed by atoms with Gasteiger partial charge in [0.2, 0.25) is 0 Å². The fourth-order valence-corrected chi connectivity index (χ4v) is 2.19. The number of esters is 2. The van der Waals surface area contributed by atoms with Crippen LogP contribution in [0.2, 0.25) is 0 Å². The summed E-state index contributed by atoms with van der Waals surface area (Å²) in [6.45, 7) is 3.60. The Labute approximate surface area is 136 Å². The molecule has 0 unspecified atom stereocenters. The molecule has 7 heteroatoms. The van der Waals surface area contributed by atoms with Crippen molar-refractivity contribution in [2.24, 2.45) is 0 Å². The molecule has 1 aliphatic carbocycles. The van der Waals surface area contributed by atoms with E-state index in [4.69, 9.17) is 9.47 Å². The molecule has 0 spiro atoms. The van der Waals surface area contributed by atoms with Gasteiger partial charge < -0.3 is 19.5 Å². The summed E-state index contributed by atoms with van der Waals surface area (Å²) in [7, 11) is 0. The van der Waals surface area contributed by atoms with Crippen LogP contribution in [-0.2, 0) is 23.8 Å². The summed E-state index contributed by atoms with van der Waals surface area (Å²) in [5.41, 5.74) is 0. The molecule has 0 aromatic rings. The minimum Gasteiger partial charge on any atom is -0.463 e. The third-order valence-electron chi connectivity index (χ3n) is 3.31. The molecule has 0 radical (unpaired) electrons. The van der Waals surface area contributed by atoms with Crippen molar-refractivity contribution in [3.05, 3.63) is 12.2 Å². The molecule has 130 valence electrons. The lowest BCUT2D eigenvalue weighted by Crippen LogP contribution is -2.38. The predicted octanol–water partition coefficient (Wildman–Crippen LogP) is 2.10. The van der Waals surface area contributed by atoms with Crippen LogP contribution >= 0.6 is 0 Å². The van der Waals surface area contributed by atoms with Crippen LogP contribution in [-0.4, -0.2) is 43.4 Å². The first-order valence-electron chi connectivity index (χ1n) is 8.00. The van der Waals surface area contributed by atoms with E-state index in [1.165, 1.54) is 6.42 Å². The second kappa shape index (κ2) is 10.6. The molecule has 23 heavy (non-hydrogen) atoms. The molecule has 1 saturated carbocycles. The Morgan fingerprint density at radius 1 is 1.09 bits per heavy atom. The Kier molecular flexibility index (Phi) is 8.79. The molecule has 1 atom stereocenters. The molecule has 0 aliphatic heterocycles. The zero-order chi connectivity index (χ0) is 17.1. The summed E-state index contributed by atoms with van der Waals surface area (Å²) >= 11 is 0. The average Bonchev–Trinajstić information content (AvgIpc) is 2.52. The maximum absolute atomic E-state index is 11.7. The lowest BCUT2D eigenvalue weighted by molar-refractivity contribution is -0.140. The molecule has 1 fully saturated rings. The lowest BCUT2D eigenvalue weighted by atomic mass is 9.98. The number of rotatable bonds is 7. The zero-order valence-corrected chi connectivity index (χ0v) is 13.7. The number of hydrogen-bond donors (Lipinski definition) is 1. The minimum atomic E-state index is -0.674. The van der Waals surface area contributed by atoms with E-state index >= 15 is 0 Å². The van der Waals surface area contributed by atoms with Gasteiger partial charge >= 0.3 is 18.0 Å². The van der Waals surface area contributed by atoms with Crippen molar-refractivity contribution in [1.82, 2.24) is 5.32 Å². The summed E-state index contributed by atoms with van der Waals surface area (Å²) in [5.74, 6) is -1.28. The molecule has 1 amide bonds. The Balaban J connectivity index is 2.19. The largest absolute Gasteiger partial charge is 0.463 e. The van der Waals surface area contributed by atoms with Crippen molar-refractivity contribution in [2.45, 2.75) is 58.1 Å². The highest BCUT2D eigenvalue weighted by Gasteiger charge is 2.18. The summed E-state index contributed by atoms with van der Waals surface area (Å²) in [6, 6.07) is -0.383. The van der Waals surface area contributed by atoms with Gasteiger partial charge in [0.05, 0.1) is 12.6 Å². The van der Waals surface area contributed by atoms with E-state index in [0.717, 1.165) is 37.8 Å². The topological polar surface area (TPSA) is 90.9 Å². The van der Waals surface area contributed by atoms with E-state index in [1.807, 2.05) is 0 Å². The van der Waals surface area contributed by atoms with Gasteiger partial charge in [0.15, 0.2) is 0 Å². The molecule has 7 nitrogen and oxygen atoms in total. The van der Waals surface area contributed by atoms with Crippen molar-refractivity contribution in [2.75, 3.05) is 13.2 Å². The maximum Gasteiger partial charge on any atom is 0.407 e. The Morgan fingerprint density at radius 2 is 1.70 bits per heavy atom.